The van der Waals surface area contributed by atoms with E-state index in [1.165, 1.54) is 12.1 Å². The second kappa shape index (κ2) is 8.24. The predicted octanol–water partition coefficient (Wildman–Crippen LogP) is 3.77. The van der Waals surface area contributed by atoms with Gasteiger partial charge in [0.05, 0.1) is 6.20 Å². The number of oxazole rings is 1. The Morgan fingerprint density at radius 1 is 1.08 bits per heavy atom. The Bertz CT molecular complexity index is 830. The zero-order valence-electron chi connectivity index (χ0n) is 13.7. The van der Waals surface area contributed by atoms with E-state index in [9.17, 15) is 9.18 Å². The summed E-state index contributed by atoms with van der Waals surface area (Å²) in [6, 6.07) is 16.1. The van der Waals surface area contributed by atoms with Gasteiger partial charge in [-0.25, -0.2) is 9.37 Å². The van der Waals surface area contributed by atoms with Crippen LogP contribution in [-0.4, -0.2) is 17.4 Å². The number of carbonyl (C=O) groups is 1. The Morgan fingerprint density at radius 2 is 1.92 bits per heavy atom. The lowest BCUT2D eigenvalue weighted by atomic mass is 10.1. The maximum absolute atomic E-state index is 13.1. The van der Waals surface area contributed by atoms with Gasteiger partial charge < -0.3 is 9.73 Å². The Morgan fingerprint density at radius 3 is 2.72 bits per heavy atom. The molecule has 0 bridgehead atoms. The molecular weight excluding hydrogens is 319 g/mol. The van der Waals surface area contributed by atoms with Crippen LogP contribution in [0.15, 0.2) is 65.2 Å². The van der Waals surface area contributed by atoms with Gasteiger partial charge in [0, 0.05) is 24.9 Å². The van der Waals surface area contributed by atoms with E-state index < -0.39 is 0 Å². The number of aromatic nitrogens is 1. The third kappa shape index (κ3) is 5.01. The summed E-state index contributed by atoms with van der Waals surface area (Å²) in [5.41, 5.74) is 1.82. The number of halogens is 1. The Labute approximate surface area is 145 Å². The highest BCUT2D eigenvalue weighted by Crippen LogP contribution is 2.20. The van der Waals surface area contributed by atoms with E-state index in [2.05, 4.69) is 10.3 Å². The summed E-state index contributed by atoms with van der Waals surface area (Å²) in [4.78, 5) is 16.1. The summed E-state index contributed by atoms with van der Waals surface area (Å²) in [5.74, 6) is 0.902. The van der Waals surface area contributed by atoms with Crippen molar-refractivity contribution in [2.45, 2.75) is 19.3 Å². The summed E-state index contributed by atoms with van der Waals surface area (Å²) in [7, 11) is 0. The molecule has 0 aliphatic carbocycles. The molecule has 128 valence electrons. The van der Waals surface area contributed by atoms with Gasteiger partial charge in [-0.3, -0.25) is 4.79 Å². The number of nitrogens with zero attached hydrogens (tertiary/aromatic N) is 1. The molecule has 0 spiro atoms. The first-order valence-corrected chi connectivity index (χ1v) is 8.22. The molecule has 0 unspecified atom stereocenters. The highest BCUT2D eigenvalue weighted by molar-refractivity contribution is 5.76. The smallest absolute Gasteiger partial charge is 0.220 e. The minimum absolute atomic E-state index is 0.0733. The molecule has 3 rings (SSSR count). The Hall–Kier alpha value is -2.95. The molecule has 0 radical (unpaired) electrons. The van der Waals surface area contributed by atoms with Crippen LogP contribution in [0.4, 0.5) is 4.39 Å². The fourth-order valence-electron chi connectivity index (χ4n) is 2.51. The van der Waals surface area contributed by atoms with Gasteiger partial charge in [0.15, 0.2) is 11.7 Å². The van der Waals surface area contributed by atoms with E-state index >= 15 is 0 Å². The number of hydrogen-bond acceptors (Lipinski definition) is 3. The van der Waals surface area contributed by atoms with Crippen LogP contribution in [0.3, 0.4) is 0 Å². The zero-order valence-corrected chi connectivity index (χ0v) is 13.7. The largest absolute Gasteiger partial charge is 0.441 e. The van der Waals surface area contributed by atoms with Crippen molar-refractivity contribution >= 4 is 5.91 Å². The van der Waals surface area contributed by atoms with Gasteiger partial charge >= 0.3 is 0 Å². The van der Waals surface area contributed by atoms with Crippen LogP contribution in [0, 0.1) is 5.82 Å². The molecule has 25 heavy (non-hydrogen) atoms. The molecule has 0 saturated carbocycles. The molecule has 3 aromatic rings. The molecule has 0 saturated heterocycles. The monoisotopic (exact) mass is 338 g/mol. The standard InChI is InChI=1S/C20H19FN2O2/c21-17-8-4-5-15(13-17)11-12-22-19(24)9-10-20-23-14-18(25-20)16-6-2-1-3-7-16/h1-8,13-14H,9-12H2,(H,22,24). The van der Waals surface area contributed by atoms with Gasteiger partial charge in [-0.05, 0) is 24.1 Å². The molecule has 1 amide bonds. The Balaban J connectivity index is 1.43. The van der Waals surface area contributed by atoms with Crippen LogP contribution in [0.25, 0.3) is 11.3 Å². The summed E-state index contributed by atoms with van der Waals surface area (Å²) in [6.07, 6.45) is 3.02. The van der Waals surface area contributed by atoms with Crippen LogP contribution < -0.4 is 5.32 Å². The first-order valence-electron chi connectivity index (χ1n) is 8.22. The van der Waals surface area contributed by atoms with Crippen molar-refractivity contribution in [1.82, 2.24) is 10.3 Å². The molecule has 0 fully saturated rings. The third-order valence-corrected chi connectivity index (χ3v) is 3.80. The van der Waals surface area contributed by atoms with Crippen LogP contribution in [0.2, 0.25) is 0 Å². The molecule has 1 heterocycles. The average molecular weight is 338 g/mol. The van der Waals surface area contributed by atoms with Crippen LogP contribution in [-0.2, 0) is 17.6 Å². The lowest BCUT2D eigenvalue weighted by Crippen LogP contribution is -2.25. The first-order chi connectivity index (χ1) is 12.2. The molecular formula is C20H19FN2O2. The van der Waals surface area contributed by atoms with Gasteiger partial charge in [-0.15, -0.1) is 0 Å². The highest BCUT2D eigenvalue weighted by atomic mass is 19.1. The van der Waals surface area contributed by atoms with Gasteiger partial charge in [-0.2, -0.15) is 0 Å². The van der Waals surface area contributed by atoms with Crippen LogP contribution in [0.1, 0.15) is 17.9 Å². The number of hydrogen-bond donors (Lipinski definition) is 1. The topological polar surface area (TPSA) is 55.1 Å². The number of rotatable bonds is 7. The normalized spacial score (nSPS) is 10.6. The highest BCUT2D eigenvalue weighted by Gasteiger charge is 2.08. The van der Waals surface area contributed by atoms with Crippen molar-refractivity contribution in [3.63, 3.8) is 0 Å². The van der Waals surface area contributed by atoms with Crippen molar-refractivity contribution in [3.05, 3.63) is 78.1 Å². The van der Waals surface area contributed by atoms with Crippen molar-refractivity contribution in [3.8, 4) is 11.3 Å². The van der Waals surface area contributed by atoms with Gasteiger partial charge in [-0.1, -0.05) is 42.5 Å². The minimum atomic E-state index is -0.262. The van der Waals surface area contributed by atoms with E-state index in [4.69, 9.17) is 4.42 Å². The van der Waals surface area contributed by atoms with E-state index in [1.807, 2.05) is 36.4 Å². The van der Waals surface area contributed by atoms with E-state index in [-0.39, 0.29) is 11.7 Å². The number of aryl methyl sites for hydroxylation is 1. The molecule has 0 aliphatic rings. The lowest BCUT2D eigenvalue weighted by Gasteiger charge is -2.04. The minimum Gasteiger partial charge on any atom is -0.441 e. The fourth-order valence-corrected chi connectivity index (χ4v) is 2.51. The van der Waals surface area contributed by atoms with Crippen LogP contribution in [0.5, 0.6) is 0 Å². The zero-order chi connectivity index (χ0) is 17.5. The quantitative estimate of drug-likeness (QED) is 0.713. The maximum atomic E-state index is 13.1. The molecule has 5 heteroatoms. The third-order valence-electron chi connectivity index (χ3n) is 3.80. The van der Waals surface area contributed by atoms with Crippen molar-refractivity contribution < 1.29 is 13.6 Å². The summed E-state index contributed by atoms with van der Waals surface area (Å²) in [5, 5.41) is 2.83. The SMILES string of the molecule is O=C(CCc1ncc(-c2ccccc2)o1)NCCc1cccc(F)c1. The second-order valence-corrected chi connectivity index (χ2v) is 5.71. The second-order valence-electron chi connectivity index (χ2n) is 5.71. The molecule has 1 aromatic heterocycles. The molecule has 2 aromatic carbocycles. The van der Waals surface area contributed by atoms with E-state index in [0.717, 1.165) is 11.1 Å². The summed E-state index contributed by atoms with van der Waals surface area (Å²) >= 11 is 0. The summed E-state index contributed by atoms with van der Waals surface area (Å²) < 4.78 is 18.8. The molecule has 1 N–H and O–H groups in total. The Kier molecular flexibility index (Phi) is 5.57. The summed E-state index contributed by atoms with van der Waals surface area (Å²) in [6.45, 7) is 0.475. The van der Waals surface area contributed by atoms with Gasteiger partial charge in [0.25, 0.3) is 0 Å². The van der Waals surface area contributed by atoms with Crippen molar-refractivity contribution in [2.75, 3.05) is 6.54 Å². The molecule has 4 nitrogen and oxygen atoms in total. The number of carbonyl (C=O) groups excluding carboxylic acids is 1. The fraction of sp³-hybridized carbons (Fsp3) is 0.200. The van der Waals surface area contributed by atoms with E-state index in [1.54, 1.807) is 12.3 Å². The maximum Gasteiger partial charge on any atom is 0.220 e. The van der Waals surface area contributed by atoms with Crippen LogP contribution >= 0.6 is 0 Å². The van der Waals surface area contributed by atoms with Gasteiger partial charge in [0.1, 0.15) is 5.82 Å². The predicted molar refractivity (Wildman–Crippen MR) is 93.4 cm³/mol. The van der Waals surface area contributed by atoms with Crippen molar-refractivity contribution in [1.29, 1.82) is 0 Å². The molecule has 0 atom stereocenters. The lowest BCUT2D eigenvalue weighted by molar-refractivity contribution is -0.121. The number of amides is 1. The number of benzene rings is 2. The van der Waals surface area contributed by atoms with Crippen molar-refractivity contribution in [2.24, 2.45) is 0 Å². The number of nitrogens with one attached hydrogen (secondary N) is 1. The molecule has 0 aliphatic heterocycles. The average Bonchev–Trinajstić information content (AvgIpc) is 3.10. The van der Waals surface area contributed by atoms with Gasteiger partial charge in [0.2, 0.25) is 5.91 Å². The van der Waals surface area contributed by atoms with E-state index in [0.29, 0.717) is 37.5 Å². The first kappa shape index (κ1) is 16.9.